The van der Waals surface area contributed by atoms with Crippen molar-refractivity contribution in [1.82, 2.24) is 4.98 Å². The Morgan fingerprint density at radius 2 is 2.10 bits per heavy atom. The van der Waals surface area contributed by atoms with Crippen LogP contribution in [0.4, 0.5) is 11.5 Å². The van der Waals surface area contributed by atoms with E-state index in [1.54, 1.807) is 6.07 Å². The monoisotopic (exact) mass is 293 g/mol. The molecule has 0 aliphatic heterocycles. The van der Waals surface area contributed by atoms with Gasteiger partial charge in [0.05, 0.1) is 4.92 Å². The minimum atomic E-state index is -0.433. The average molecular weight is 293 g/mol. The zero-order valence-electron chi connectivity index (χ0n) is 12.7. The van der Waals surface area contributed by atoms with Gasteiger partial charge in [-0.2, -0.15) is 4.98 Å². The fourth-order valence-electron chi connectivity index (χ4n) is 2.52. The summed E-state index contributed by atoms with van der Waals surface area (Å²) in [5.41, 5.74) is -0.0596. The molecule has 2 rings (SSSR count). The van der Waals surface area contributed by atoms with Crippen LogP contribution in [0, 0.1) is 16.0 Å². The topological polar surface area (TPSA) is 77.3 Å². The molecule has 1 N–H and O–H groups in total. The number of nitrogens with one attached hydrogen (secondary N) is 1. The maximum absolute atomic E-state index is 11.1. The van der Waals surface area contributed by atoms with Crippen molar-refractivity contribution >= 4 is 11.5 Å². The third-order valence-corrected chi connectivity index (χ3v) is 3.83. The van der Waals surface area contributed by atoms with Gasteiger partial charge in [0.1, 0.15) is 11.9 Å². The van der Waals surface area contributed by atoms with Crippen LogP contribution < -0.4 is 10.1 Å². The second kappa shape index (κ2) is 7.24. The first kappa shape index (κ1) is 15.5. The molecular weight excluding hydrogens is 270 g/mol. The standard InChI is InChI=1S/C15H23N3O3/c1-3-10-16-14-9-8-13(18(19)20)15(17-14)21-12-6-4-11(2)5-7-12/h8-9,11-12H,3-7,10H2,1-2H3,(H,16,17). The molecule has 0 unspecified atom stereocenters. The molecule has 1 fully saturated rings. The van der Waals surface area contributed by atoms with Gasteiger partial charge in [0.25, 0.3) is 5.88 Å². The number of hydrogen-bond acceptors (Lipinski definition) is 5. The number of nitro groups is 1. The van der Waals surface area contributed by atoms with Crippen molar-refractivity contribution in [2.75, 3.05) is 11.9 Å². The normalized spacial score (nSPS) is 21.8. The predicted octanol–water partition coefficient (Wildman–Crippen LogP) is 3.77. The number of nitrogens with zero attached hydrogens (tertiary/aromatic N) is 2. The van der Waals surface area contributed by atoms with Gasteiger partial charge in [-0.1, -0.05) is 13.8 Å². The maximum Gasteiger partial charge on any atom is 0.331 e. The van der Waals surface area contributed by atoms with Crippen molar-refractivity contribution in [2.24, 2.45) is 5.92 Å². The van der Waals surface area contributed by atoms with E-state index in [2.05, 4.69) is 24.1 Å². The molecule has 0 saturated heterocycles. The molecule has 0 radical (unpaired) electrons. The first-order valence-corrected chi connectivity index (χ1v) is 7.66. The molecule has 1 aliphatic carbocycles. The van der Waals surface area contributed by atoms with E-state index >= 15 is 0 Å². The highest BCUT2D eigenvalue weighted by molar-refractivity contribution is 5.49. The Bertz CT molecular complexity index is 485. The Morgan fingerprint density at radius 3 is 2.71 bits per heavy atom. The van der Waals surface area contributed by atoms with Crippen LogP contribution in [0.25, 0.3) is 0 Å². The Labute approximate surface area is 125 Å². The van der Waals surface area contributed by atoms with Crippen LogP contribution in [0.2, 0.25) is 0 Å². The molecule has 1 aromatic heterocycles. The van der Waals surface area contributed by atoms with Crippen molar-refractivity contribution in [3.05, 3.63) is 22.2 Å². The van der Waals surface area contributed by atoms with Gasteiger partial charge in [-0.3, -0.25) is 10.1 Å². The second-order valence-corrected chi connectivity index (χ2v) is 5.70. The molecule has 0 amide bonds. The van der Waals surface area contributed by atoms with E-state index < -0.39 is 4.92 Å². The lowest BCUT2D eigenvalue weighted by Gasteiger charge is -2.26. The smallest absolute Gasteiger partial charge is 0.331 e. The van der Waals surface area contributed by atoms with Crippen LogP contribution in [0.1, 0.15) is 46.0 Å². The fourth-order valence-corrected chi connectivity index (χ4v) is 2.52. The van der Waals surface area contributed by atoms with Gasteiger partial charge < -0.3 is 10.1 Å². The quantitative estimate of drug-likeness (QED) is 0.638. The summed E-state index contributed by atoms with van der Waals surface area (Å²) in [6.07, 6.45) is 5.08. The third kappa shape index (κ3) is 4.31. The molecule has 0 spiro atoms. The van der Waals surface area contributed by atoms with Crippen LogP contribution in [-0.4, -0.2) is 22.6 Å². The van der Waals surface area contributed by atoms with Gasteiger partial charge >= 0.3 is 5.69 Å². The number of anilines is 1. The molecular formula is C15H23N3O3. The summed E-state index contributed by atoms with van der Waals surface area (Å²) in [5.74, 6) is 1.48. The number of pyridine rings is 1. The lowest BCUT2D eigenvalue weighted by Crippen LogP contribution is -2.24. The van der Waals surface area contributed by atoms with E-state index in [0.29, 0.717) is 11.7 Å². The third-order valence-electron chi connectivity index (χ3n) is 3.83. The SMILES string of the molecule is CCCNc1ccc([N+](=O)[O-])c(OC2CCC(C)CC2)n1. The zero-order chi connectivity index (χ0) is 15.2. The zero-order valence-corrected chi connectivity index (χ0v) is 12.7. The van der Waals surface area contributed by atoms with Gasteiger partial charge in [-0.25, -0.2) is 0 Å². The number of ether oxygens (including phenoxy) is 1. The van der Waals surface area contributed by atoms with Crippen molar-refractivity contribution in [3.8, 4) is 5.88 Å². The van der Waals surface area contributed by atoms with Crippen LogP contribution in [-0.2, 0) is 0 Å². The summed E-state index contributed by atoms with van der Waals surface area (Å²) in [5, 5.41) is 14.2. The van der Waals surface area contributed by atoms with Crippen molar-refractivity contribution < 1.29 is 9.66 Å². The molecule has 0 bridgehead atoms. The highest BCUT2D eigenvalue weighted by atomic mass is 16.6. The van der Waals surface area contributed by atoms with E-state index in [4.69, 9.17) is 4.74 Å². The highest BCUT2D eigenvalue weighted by Crippen LogP contribution is 2.31. The summed E-state index contributed by atoms with van der Waals surface area (Å²) < 4.78 is 5.82. The Hall–Kier alpha value is -1.85. The van der Waals surface area contributed by atoms with E-state index in [1.807, 2.05) is 0 Å². The second-order valence-electron chi connectivity index (χ2n) is 5.70. The Balaban J connectivity index is 2.12. The summed E-state index contributed by atoms with van der Waals surface area (Å²) in [6.45, 7) is 5.07. The van der Waals surface area contributed by atoms with E-state index in [0.717, 1.165) is 38.6 Å². The maximum atomic E-state index is 11.1. The molecule has 1 saturated carbocycles. The van der Waals surface area contributed by atoms with Crippen LogP contribution >= 0.6 is 0 Å². The molecule has 0 atom stereocenters. The fraction of sp³-hybridized carbons (Fsp3) is 0.667. The van der Waals surface area contributed by atoms with E-state index in [1.165, 1.54) is 6.07 Å². The molecule has 0 aromatic carbocycles. The van der Waals surface area contributed by atoms with E-state index in [-0.39, 0.29) is 17.7 Å². The van der Waals surface area contributed by atoms with Crippen LogP contribution in [0.15, 0.2) is 12.1 Å². The Kier molecular flexibility index (Phi) is 5.36. The minimum Gasteiger partial charge on any atom is -0.469 e. The summed E-state index contributed by atoms with van der Waals surface area (Å²) in [7, 11) is 0. The first-order chi connectivity index (χ1) is 10.1. The predicted molar refractivity (Wildman–Crippen MR) is 81.7 cm³/mol. The average Bonchev–Trinajstić information content (AvgIpc) is 2.47. The summed E-state index contributed by atoms with van der Waals surface area (Å²) >= 11 is 0. The number of aromatic nitrogens is 1. The highest BCUT2D eigenvalue weighted by Gasteiger charge is 2.24. The number of hydrogen-bond donors (Lipinski definition) is 1. The van der Waals surface area contributed by atoms with E-state index in [9.17, 15) is 10.1 Å². The van der Waals surface area contributed by atoms with Crippen LogP contribution in [0.3, 0.4) is 0 Å². The van der Waals surface area contributed by atoms with Gasteiger partial charge in [0.15, 0.2) is 0 Å². The molecule has 6 nitrogen and oxygen atoms in total. The molecule has 1 aromatic rings. The molecule has 1 aliphatic rings. The summed E-state index contributed by atoms with van der Waals surface area (Å²) in [4.78, 5) is 14.9. The van der Waals surface area contributed by atoms with Gasteiger partial charge in [-0.15, -0.1) is 0 Å². The van der Waals surface area contributed by atoms with Crippen molar-refractivity contribution in [3.63, 3.8) is 0 Å². The molecule has 1 heterocycles. The van der Waals surface area contributed by atoms with Crippen LogP contribution in [0.5, 0.6) is 5.88 Å². The number of rotatable bonds is 6. The summed E-state index contributed by atoms with van der Waals surface area (Å²) in [6, 6.07) is 3.09. The van der Waals surface area contributed by atoms with Gasteiger partial charge in [0, 0.05) is 12.6 Å². The largest absolute Gasteiger partial charge is 0.469 e. The van der Waals surface area contributed by atoms with Crippen molar-refractivity contribution in [2.45, 2.75) is 52.1 Å². The molecule has 116 valence electrons. The molecule has 6 heteroatoms. The minimum absolute atomic E-state index is 0.0359. The lowest BCUT2D eigenvalue weighted by molar-refractivity contribution is -0.386. The first-order valence-electron chi connectivity index (χ1n) is 7.66. The Morgan fingerprint density at radius 1 is 1.38 bits per heavy atom. The van der Waals surface area contributed by atoms with Gasteiger partial charge in [-0.05, 0) is 44.1 Å². The van der Waals surface area contributed by atoms with Gasteiger partial charge in [0.2, 0.25) is 0 Å². The van der Waals surface area contributed by atoms with Crippen molar-refractivity contribution in [1.29, 1.82) is 0 Å². The molecule has 21 heavy (non-hydrogen) atoms. The lowest BCUT2D eigenvalue weighted by atomic mass is 9.89.